The van der Waals surface area contributed by atoms with Crippen LogP contribution in [0.25, 0.3) is 6.08 Å². The van der Waals surface area contributed by atoms with Crippen molar-refractivity contribution in [3.63, 3.8) is 0 Å². The molecule has 0 atom stereocenters. The van der Waals surface area contributed by atoms with Gasteiger partial charge in [0.05, 0.1) is 10.0 Å². The molecular formula is C15H11Cl3N2O. The van der Waals surface area contributed by atoms with Gasteiger partial charge in [-0.05, 0) is 42.0 Å². The predicted molar refractivity (Wildman–Crippen MR) is 89.1 cm³/mol. The Balaban J connectivity index is 1.89. The minimum atomic E-state index is -0.376. The number of amides is 2. The van der Waals surface area contributed by atoms with Crippen LogP contribution in [0.2, 0.25) is 15.1 Å². The zero-order chi connectivity index (χ0) is 15.2. The molecule has 0 aromatic heterocycles. The van der Waals surface area contributed by atoms with Crippen LogP contribution in [0.1, 0.15) is 5.56 Å². The van der Waals surface area contributed by atoms with Crippen LogP contribution in [0, 0.1) is 0 Å². The second kappa shape index (κ2) is 7.36. The summed E-state index contributed by atoms with van der Waals surface area (Å²) in [6, 6.07) is 11.7. The van der Waals surface area contributed by atoms with Crippen LogP contribution in [0.15, 0.2) is 48.7 Å². The SMILES string of the molecule is O=C(N/C=C/c1ccc(Cl)cc1)Nc1ccc(Cl)c(Cl)c1. The topological polar surface area (TPSA) is 41.1 Å². The quantitative estimate of drug-likeness (QED) is 0.767. The molecule has 0 bridgehead atoms. The minimum Gasteiger partial charge on any atom is -0.314 e. The second-order valence-corrected chi connectivity index (χ2v) is 5.36. The van der Waals surface area contributed by atoms with Crippen LogP contribution < -0.4 is 10.6 Å². The van der Waals surface area contributed by atoms with E-state index in [1.807, 2.05) is 12.1 Å². The summed E-state index contributed by atoms with van der Waals surface area (Å²) >= 11 is 17.5. The summed E-state index contributed by atoms with van der Waals surface area (Å²) in [6.45, 7) is 0. The van der Waals surface area contributed by atoms with Crippen molar-refractivity contribution in [2.75, 3.05) is 5.32 Å². The third kappa shape index (κ3) is 4.97. The molecule has 0 spiro atoms. The fourth-order valence-corrected chi connectivity index (χ4v) is 1.95. The number of rotatable bonds is 3. The molecule has 0 radical (unpaired) electrons. The Morgan fingerprint density at radius 1 is 0.952 bits per heavy atom. The van der Waals surface area contributed by atoms with Gasteiger partial charge in [0.15, 0.2) is 0 Å². The highest BCUT2D eigenvalue weighted by atomic mass is 35.5. The summed E-state index contributed by atoms with van der Waals surface area (Å²) in [5.41, 5.74) is 1.48. The molecule has 0 saturated carbocycles. The Kier molecular flexibility index (Phi) is 5.51. The van der Waals surface area contributed by atoms with Crippen LogP contribution in [0.4, 0.5) is 10.5 Å². The highest BCUT2D eigenvalue weighted by Gasteiger charge is 2.02. The van der Waals surface area contributed by atoms with Crippen molar-refractivity contribution in [3.8, 4) is 0 Å². The predicted octanol–water partition coefficient (Wildman–Crippen LogP) is 5.44. The molecule has 0 unspecified atom stereocenters. The molecule has 0 heterocycles. The van der Waals surface area contributed by atoms with Crippen molar-refractivity contribution in [1.29, 1.82) is 0 Å². The Morgan fingerprint density at radius 3 is 2.33 bits per heavy atom. The molecule has 21 heavy (non-hydrogen) atoms. The number of carbonyl (C=O) groups excluding carboxylic acids is 1. The number of halogens is 3. The van der Waals surface area contributed by atoms with Gasteiger partial charge in [0.1, 0.15) is 0 Å². The first kappa shape index (κ1) is 15.7. The Labute approximate surface area is 137 Å². The summed E-state index contributed by atoms with van der Waals surface area (Å²) in [4.78, 5) is 11.7. The number of carbonyl (C=O) groups is 1. The molecule has 0 aliphatic rings. The molecular weight excluding hydrogens is 331 g/mol. The lowest BCUT2D eigenvalue weighted by Gasteiger charge is -2.05. The van der Waals surface area contributed by atoms with E-state index in [1.165, 1.54) is 6.20 Å². The molecule has 2 aromatic rings. The van der Waals surface area contributed by atoms with Gasteiger partial charge < -0.3 is 10.6 Å². The van der Waals surface area contributed by atoms with Gasteiger partial charge in [-0.1, -0.05) is 46.9 Å². The molecule has 0 fully saturated rings. The van der Waals surface area contributed by atoms with E-state index >= 15 is 0 Å². The monoisotopic (exact) mass is 340 g/mol. The highest BCUT2D eigenvalue weighted by molar-refractivity contribution is 6.42. The molecule has 0 saturated heterocycles. The van der Waals surface area contributed by atoms with Gasteiger partial charge in [-0.25, -0.2) is 4.79 Å². The van der Waals surface area contributed by atoms with E-state index in [2.05, 4.69) is 10.6 Å². The summed E-state index contributed by atoms with van der Waals surface area (Å²) in [5.74, 6) is 0. The van der Waals surface area contributed by atoms with Crippen molar-refractivity contribution >= 4 is 52.6 Å². The Hall–Kier alpha value is -1.68. The molecule has 3 nitrogen and oxygen atoms in total. The fraction of sp³-hybridized carbons (Fsp3) is 0. The Bertz CT molecular complexity index is 669. The molecule has 2 rings (SSSR count). The first-order valence-corrected chi connectivity index (χ1v) is 7.13. The van der Waals surface area contributed by atoms with Crippen molar-refractivity contribution in [3.05, 3.63) is 69.3 Å². The maximum absolute atomic E-state index is 11.7. The van der Waals surface area contributed by atoms with Crippen LogP contribution in [-0.4, -0.2) is 6.03 Å². The van der Waals surface area contributed by atoms with Crippen molar-refractivity contribution in [1.82, 2.24) is 5.32 Å². The standard InChI is InChI=1S/C15H11Cl3N2O/c16-11-3-1-10(2-4-11)7-8-19-15(21)20-12-5-6-13(17)14(18)9-12/h1-9H,(H2,19,20,21)/b8-7+. The van der Waals surface area contributed by atoms with Gasteiger partial charge in [-0.15, -0.1) is 0 Å². The van der Waals surface area contributed by atoms with E-state index in [-0.39, 0.29) is 6.03 Å². The molecule has 0 aliphatic heterocycles. The summed E-state index contributed by atoms with van der Waals surface area (Å²) in [7, 11) is 0. The molecule has 2 amide bonds. The molecule has 6 heteroatoms. The van der Waals surface area contributed by atoms with E-state index < -0.39 is 0 Å². The molecule has 2 N–H and O–H groups in total. The van der Waals surface area contributed by atoms with Gasteiger partial charge in [-0.2, -0.15) is 0 Å². The highest BCUT2D eigenvalue weighted by Crippen LogP contribution is 2.24. The van der Waals surface area contributed by atoms with E-state index in [4.69, 9.17) is 34.8 Å². The van der Waals surface area contributed by atoms with Crippen LogP contribution in [-0.2, 0) is 0 Å². The van der Waals surface area contributed by atoms with Crippen LogP contribution in [0.3, 0.4) is 0 Å². The number of hydrogen-bond acceptors (Lipinski definition) is 1. The average molecular weight is 342 g/mol. The summed E-state index contributed by atoms with van der Waals surface area (Å²) in [5, 5.41) is 6.71. The van der Waals surface area contributed by atoms with E-state index in [9.17, 15) is 4.79 Å². The molecule has 108 valence electrons. The van der Waals surface area contributed by atoms with Crippen molar-refractivity contribution in [2.45, 2.75) is 0 Å². The van der Waals surface area contributed by atoms with Gasteiger partial charge in [0.2, 0.25) is 0 Å². The van der Waals surface area contributed by atoms with Gasteiger partial charge in [-0.3, -0.25) is 0 Å². The van der Waals surface area contributed by atoms with E-state index in [0.717, 1.165) is 5.56 Å². The summed E-state index contributed by atoms with van der Waals surface area (Å²) in [6.07, 6.45) is 3.29. The number of nitrogens with one attached hydrogen (secondary N) is 2. The lowest BCUT2D eigenvalue weighted by molar-refractivity contribution is 0.255. The number of hydrogen-bond donors (Lipinski definition) is 2. The molecule has 2 aromatic carbocycles. The van der Waals surface area contributed by atoms with Crippen molar-refractivity contribution in [2.24, 2.45) is 0 Å². The zero-order valence-corrected chi connectivity index (χ0v) is 13.0. The van der Waals surface area contributed by atoms with Crippen LogP contribution >= 0.6 is 34.8 Å². The maximum atomic E-state index is 11.7. The largest absolute Gasteiger partial charge is 0.323 e. The van der Waals surface area contributed by atoms with Crippen LogP contribution in [0.5, 0.6) is 0 Å². The third-order valence-corrected chi connectivity index (χ3v) is 3.53. The minimum absolute atomic E-state index is 0.376. The number of urea groups is 1. The van der Waals surface area contributed by atoms with Gasteiger partial charge in [0.25, 0.3) is 0 Å². The van der Waals surface area contributed by atoms with E-state index in [0.29, 0.717) is 20.8 Å². The lowest BCUT2D eigenvalue weighted by Crippen LogP contribution is -2.23. The zero-order valence-electron chi connectivity index (χ0n) is 10.7. The average Bonchev–Trinajstić information content (AvgIpc) is 2.45. The maximum Gasteiger partial charge on any atom is 0.323 e. The number of anilines is 1. The summed E-state index contributed by atoms with van der Waals surface area (Å²) < 4.78 is 0. The van der Waals surface area contributed by atoms with E-state index in [1.54, 1.807) is 36.4 Å². The fourth-order valence-electron chi connectivity index (χ4n) is 1.53. The normalized spacial score (nSPS) is 10.6. The first-order chi connectivity index (χ1) is 10.0. The van der Waals surface area contributed by atoms with Gasteiger partial charge in [0, 0.05) is 16.9 Å². The Morgan fingerprint density at radius 2 is 1.67 bits per heavy atom. The number of benzene rings is 2. The van der Waals surface area contributed by atoms with Gasteiger partial charge >= 0.3 is 6.03 Å². The smallest absolute Gasteiger partial charge is 0.314 e. The lowest BCUT2D eigenvalue weighted by atomic mass is 10.2. The third-order valence-electron chi connectivity index (χ3n) is 2.54. The second-order valence-electron chi connectivity index (χ2n) is 4.11. The first-order valence-electron chi connectivity index (χ1n) is 5.99. The van der Waals surface area contributed by atoms with Crippen molar-refractivity contribution < 1.29 is 4.79 Å². The molecule has 0 aliphatic carbocycles.